The first kappa shape index (κ1) is 13.6. The summed E-state index contributed by atoms with van der Waals surface area (Å²) in [5.41, 5.74) is 0. The molecular formula is C15H27N3. The lowest BCUT2D eigenvalue weighted by molar-refractivity contribution is 0.429. The van der Waals surface area contributed by atoms with Gasteiger partial charge in [0.1, 0.15) is 5.82 Å². The van der Waals surface area contributed by atoms with Gasteiger partial charge in [0, 0.05) is 11.8 Å². The van der Waals surface area contributed by atoms with E-state index in [9.17, 15) is 0 Å². The van der Waals surface area contributed by atoms with Gasteiger partial charge in [-0.15, -0.1) is 0 Å². The van der Waals surface area contributed by atoms with Crippen LogP contribution in [0.1, 0.15) is 95.1 Å². The van der Waals surface area contributed by atoms with Crippen LogP contribution in [0.4, 0.5) is 0 Å². The summed E-state index contributed by atoms with van der Waals surface area (Å²) in [6.45, 7) is 4.50. The molecule has 0 amide bonds. The molecule has 0 bridgehead atoms. The fourth-order valence-electron chi connectivity index (χ4n) is 3.00. The molecule has 1 aliphatic carbocycles. The molecule has 0 spiro atoms. The predicted molar refractivity (Wildman–Crippen MR) is 74.8 cm³/mol. The van der Waals surface area contributed by atoms with E-state index in [0.29, 0.717) is 11.8 Å². The molecule has 1 aliphatic rings. The minimum absolute atomic E-state index is 0.554. The van der Waals surface area contributed by atoms with Gasteiger partial charge in [-0.25, -0.2) is 4.98 Å². The molecule has 2 rings (SSSR count). The molecule has 1 heterocycles. The minimum atomic E-state index is 0.554. The van der Waals surface area contributed by atoms with E-state index in [1.807, 2.05) is 0 Å². The van der Waals surface area contributed by atoms with Crippen LogP contribution in [-0.2, 0) is 0 Å². The highest BCUT2D eigenvalue weighted by atomic mass is 15.2. The van der Waals surface area contributed by atoms with Crippen molar-refractivity contribution in [2.24, 2.45) is 0 Å². The van der Waals surface area contributed by atoms with Crippen LogP contribution in [-0.4, -0.2) is 15.2 Å². The lowest BCUT2D eigenvalue weighted by Crippen LogP contribution is -2.06. The number of unbranched alkanes of at least 4 members (excludes halogenated alkanes) is 1. The lowest BCUT2D eigenvalue weighted by atomic mass is 9.89. The maximum absolute atomic E-state index is 4.79. The van der Waals surface area contributed by atoms with Gasteiger partial charge in [-0.2, -0.15) is 5.10 Å². The van der Waals surface area contributed by atoms with Crippen LogP contribution in [0, 0.1) is 0 Å². The van der Waals surface area contributed by atoms with Crippen LogP contribution in [0.3, 0.4) is 0 Å². The molecule has 18 heavy (non-hydrogen) atoms. The lowest BCUT2D eigenvalue weighted by Gasteiger charge is -2.18. The molecule has 0 aliphatic heterocycles. The zero-order valence-corrected chi connectivity index (χ0v) is 11.9. The number of hydrogen-bond acceptors (Lipinski definition) is 2. The third-order valence-electron chi connectivity index (χ3n) is 4.28. The third kappa shape index (κ3) is 3.33. The Morgan fingerprint density at radius 2 is 2.00 bits per heavy atom. The van der Waals surface area contributed by atoms with E-state index in [4.69, 9.17) is 4.98 Å². The SMILES string of the molecule is CCCCC(CC)c1n[nH]c(C2CCCCC2)n1. The molecule has 1 fully saturated rings. The van der Waals surface area contributed by atoms with Crippen molar-refractivity contribution in [1.29, 1.82) is 0 Å². The fraction of sp³-hybridized carbons (Fsp3) is 0.867. The monoisotopic (exact) mass is 249 g/mol. The quantitative estimate of drug-likeness (QED) is 0.804. The molecule has 102 valence electrons. The molecule has 3 nitrogen and oxygen atoms in total. The van der Waals surface area contributed by atoms with Crippen molar-refractivity contribution in [1.82, 2.24) is 15.2 Å². The molecule has 1 saturated carbocycles. The van der Waals surface area contributed by atoms with Crippen molar-refractivity contribution in [3.63, 3.8) is 0 Å². The molecule has 0 radical (unpaired) electrons. The maximum Gasteiger partial charge on any atom is 0.153 e. The Hall–Kier alpha value is -0.860. The number of H-pyrrole nitrogens is 1. The normalized spacial score (nSPS) is 19.0. The van der Waals surface area contributed by atoms with Crippen molar-refractivity contribution < 1.29 is 0 Å². The van der Waals surface area contributed by atoms with Gasteiger partial charge in [0.2, 0.25) is 0 Å². The molecular weight excluding hydrogens is 222 g/mol. The smallest absolute Gasteiger partial charge is 0.153 e. The number of hydrogen-bond donors (Lipinski definition) is 1. The topological polar surface area (TPSA) is 41.6 Å². The summed E-state index contributed by atoms with van der Waals surface area (Å²) in [5.74, 6) is 3.41. The van der Waals surface area contributed by atoms with Crippen molar-refractivity contribution in [3.05, 3.63) is 11.6 Å². The zero-order chi connectivity index (χ0) is 12.8. The summed E-state index contributed by atoms with van der Waals surface area (Å²) >= 11 is 0. The summed E-state index contributed by atoms with van der Waals surface area (Å²) in [7, 11) is 0. The average molecular weight is 249 g/mol. The first-order valence-electron chi connectivity index (χ1n) is 7.77. The summed E-state index contributed by atoms with van der Waals surface area (Å²) in [5, 5.41) is 7.68. The van der Waals surface area contributed by atoms with E-state index >= 15 is 0 Å². The predicted octanol–water partition coefficient (Wildman–Crippen LogP) is 4.54. The van der Waals surface area contributed by atoms with Crippen LogP contribution in [0.15, 0.2) is 0 Å². The van der Waals surface area contributed by atoms with Crippen molar-refractivity contribution >= 4 is 0 Å². The molecule has 1 N–H and O–H groups in total. The van der Waals surface area contributed by atoms with E-state index < -0.39 is 0 Å². The van der Waals surface area contributed by atoms with Crippen LogP contribution >= 0.6 is 0 Å². The highest BCUT2D eigenvalue weighted by Gasteiger charge is 2.21. The number of rotatable bonds is 6. The van der Waals surface area contributed by atoms with Gasteiger partial charge in [-0.05, 0) is 25.7 Å². The molecule has 3 heteroatoms. The minimum Gasteiger partial charge on any atom is -0.263 e. The van der Waals surface area contributed by atoms with Crippen LogP contribution < -0.4 is 0 Å². The van der Waals surface area contributed by atoms with Gasteiger partial charge in [0.15, 0.2) is 5.82 Å². The van der Waals surface area contributed by atoms with Gasteiger partial charge in [-0.3, -0.25) is 5.10 Å². The van der Waals surface area contributed by atoms with Crippen molar-refractivity contribution in [2.45, 2.75) is 83.5 Å². The first-order chi connectivity index (χ1) is 8.85. The van der Waals surface area contributed by atoms with E-state index in [0.717, 1.165) is 18.1 Å². The van der Waals surface area contributed by atoms with E-state index in [2.05, 4.69) is 24.0 Å². The first-order valence-corrected chi connectivity index (χ1v) is 7.77. The van der Waals surface area contributed by atoms with E-state index in [-0.39, 0.29) is 0 Å². The molecule has 0 aromatic carbocycles. The summed E-state index contributed by atoms with van der Waals surface area (Å²) in [6.07, 6.45) is 11.6. The van der Waals surface area contributed by atoms with E-state index in [1.165, 1.54) is 51.4 Å². The Labute approximate surface area is 111 Å². The summed E-state index contributed by atoms with van der Waals surface area (Å²) in [6, 6.07) is 0. The highest BCUT2D eigenvalue weighted by molar-refractivity contribution is 5.02. The highest BCUT2D eigenvalue weighted by Crippen LogP contribution is 2.31. The summed E-state index contributed by atoms with van der Waals surface area (Å²) < 4.78 is 0. The van der Waals surface area contributed by atoms with Gasteiger partial charge >= 0.3 is 0 Å². The van der Waals surface area contributed by atoms with Crippen LogP contribution in [0.25, 0.3) is 0 Å². The Bertz CT molecular complexity index is 339. The van der Waals surface area contributed by atoms with Gasteiger partial charge in [0.25, 0.3) is 0 Å². The van der Waals surface area contributed by atoms with Gasteiger partial charge in [-0.1, -0.05) is 46.0 Å². The zero-order valence-electron chi connectivity index (χ0n) is 11.9. The third-order valence-corrected chi connectivity index (χ3v) is 4.28. The van der Waals surface area contributed by atoms with Crippen molar-refractivity contribution in [3.8, 4) is 0 Å². The Kier molecular flexibility index (Phi) is 5.21. The average Bonchev–Trinajstić information content (AvgIpc) is 2.90. The molecule has 1 atom stereocenters. The standard InChI is InChI=1S/C15H27N3/c1-3-5-9-12(4-2)14-16-15(18-17-14)13-10-7-6-8-11-13/h12-13H,3-11H2,1-2H3,(H,16,17,18). The van der Waals surface area contributed by atoms with Crippen LogP contribution in [0.2, 0.25) is 0 Å². The molecule has 0 saturated heterocycles. The molecule has 1 unspecified atom stereocenters. The number of aromatic amines is 1. The van der Waals surface area contributed by atoms with Gasteiger partial charge < -0.3 is 0 Å². The number of nitrogens with one attached hydrogen (secondary N) is 1. The Balaban J connectivity index is 1.98. The van der Waals surface area contributed by atoms with Crippen LogP contribution in [0.5, 0.6) is 0 Å². The van der Waals surface area contributed by atoms with E-state index in [1.54, 1.807) is 0 Å². The van der Waals surface area contributed by atoms with Crippen molar-refractivity contribution in [2.75, 3.05) is 0 Å². The number of nitrogens with zero attached hydrogens (tertiary/aromatic N) is 2. The molecule has 1 aromatic heterocycles. The second kappa shape index (κ2) is 6.91. The fourth-order valence-corrected chi connectivity index (χ4v) is 3.00. The Morgan fingerprint density at radius 3 is 2.67 bits per heavy atom. The largest absolute Gasteiger partial charge is 0.263 e. The maximum atomic E-state index is 4.79. The second-order valence-electron chi connectivity index (χ2n) is 5.66. The Morgan fingerprint density at radius 1 is 1.22 bits per heavy atom. The summed E-state index contributed by atoms with van der Waals surface area (Å²) in [4.78, 5) is 4.79. The van der Waals surface area contributed by atoms with Gasteiger partial charge in [0.05, 0.1) is 0 Å². The second-order valence-corrected chi connectivity index (χ2v) is 5.66. The number of aromatic nitrogens is 3. The molecule has 1 aromatic rings.